The summed E-state index contributed by atoms with van der Waals surface area (Å²) in [5.41, 5.74) is 1.53. The zero-order chi connectivity index (χ0) is 16.6. The zero-order valence-electron chi connectivity index (χ0n) is 12.7. The van der Waals surface area contributed by atoms with Gasteiger partial charge in [0.2, 0.25) is 0 Å². The predicted molar refractivity (Wildman–Crippen MR) is 91.8 cm³/mol. The van der Waals surface area contributed by atoms with E-state index in [1.54, 1.807) is 10.6 Å². The maximum Gasteiger partial charge on any atom is 0.394 e. The molecular formula is C15H18F3IN4. The molecule has 0 amide bonds. The molecule has 3 heterocycles. The van der Waals surface area contributed by atoms with Crippen LogP contribution in [0.4, 0.5) is 18.9 Å². The molecule has 8 heteroatoms. The predicted octanol–water partition coefficient (Wildman–Crippen LogP) is 3.55. The molecule has 0 atom stereocenters. The molecule has 0 bridgehead atoms. The second kappa shape index (κ2) is 6.46. The Hall–Kier alpha value is -1.03. The Labute approximate surface area is 146 Å². The Morgan fingerprint density at radius 2 is 2.04 bits per heavy atom. The molecule has 2 aromatic heterocycles. The van der Waals surface area contributed by atoms with E-state index < -0.39 is 12.6 Å². The maximum atomic E-state index is 12.7. The van der Waals surface area contributed by atoms with E-state index in [1.165, 1.54) is 6.20 Å². The number of alkyl halides is 3. The maximum absolute atomic E-state index is 12.7. The van der Waals surface area contributed by atoms with Crippen molar-refractivity contribution in [2.75, 3.05) is 25.5 Å². The lowest BCUT2D eigenvalue weighted by molar-refractivity contribution is -0.127. The summed E-state index contributed by atoms with van der Waals surface area (Å²) in [5.74, 6) is 0. The molecule has 126 valence electrons. The van der Waals surface area contributed by atoms with Crippen molar-refractivity contribution < 1.29 is 13.2 Å². The minimum absolute atomic E-state index is 0.164. The molecule has 1 fully saturated rings. The van der Waals surface area contributed by atoms with Crippen molar-refractivity contribution >= 4 is 33.9 Å². The third-order valence-corrected chi connectivity index (χ3v) is 4.70. The highest BCUT2D eigenvalue weighted by molar-refractivity contribution is 14.1. The summed E-state index contributed by atoms with van der Waals surface area (Å²) in [6.45, 7) is 2.04. The molecule has 1 N–H and O–H groups in total. The Kier molecular flexibility index (Phi) is 4.73. The Morgan fingerprint density at radius 1 is 1.35 bits per heavy atom. The van der Waals surface area contributed by atoms with Gasteiger partial charge in [0.25, 0.3) is 0 Å². The summed E-state index contributed by atoms with van der Waals surface area (Å²) in [5, 5.41) is 3.47. The SMILES string of the molecule is CN1CCC(Nc2cc(I)cn3c(CC(F)(F)F)cnc23)CC1. The number of nitrogens with zero attached hydrogens (tertiary/aromatic N) is 3. The largest absolute Gasteiger partial charge is 0.394 e. The first-order valence-electron chi connectivity index (χ1n) is 7.49. The number of hydrogen-bond acceptors (Lipinski definition) is 3. The average molecular weight is 438 g/mol. The van der Waals surface area contributed by atoms with Crippen LogP contribution < -0.4 is 5.32 Å². The lowest BCUT2D eigenvalue weighted by Gasteiger charge is -2.30. The van der Waals surface area contributed by atoms with Crippen LogP contribution in [0.2, 0.25) is 0 Å². The van der Waals surface area contributed by atoms with Gasteiger partial charge in [-0.25, -0.2) is 4.98 Å². The van der Waals surface area contributed by atoms with E-state index in [1.807, 2.05) is 6.07 Å². The minimum Gasteiger partial charge on any atom is -0.379 e. The molecule has 23 heavy (non-hydrogen) atoms. The van der Waals surface area contributed by atoms with E-state index in [4.69, 9.17) is 0 Å². The molecule has 0 saturated carbocycles. The van der Waals surface area contributed by atoms with Crippen molar-refractivity contribution in [3.05, 3.63) is 27.7 Å². The van der Waals surface area contributed by atoms with Gasteiger partial charge in [0.15, 0.2) is 5.65 Å². The van der Waals surface area contributed by atoms with E-state index in [9.17, 15) is 13.2 Å². The van der Waals surface area contributed by atoms with E-state index in [0.29, 0.717) is 11.7 Å². The van der Waals surface area contributed by atoms with Crippen molar-refractivity contribution in [1.82, 2.24) is 14.3 Å². The molecule has 0 aromatic carbocycles. The molecule has 1 saturated heterocycles. The number of hydrogen-bond donors (Lipinski definition) is 1. The molecule has 1 aliphatic rings. The smallest absolute Gasteiger partial charge is 0.379 e. The van der Waals surface area contributed by atoms with Crippen molar-refractivity contribution in [3.63, 3.8) is 0 Å². The highest BCUT2D eigenvalue weighted by atomic mass is 127. The number of piperidine rings is 1. The lowest BCUT2D eigenvalue weighted by Crippen LogP contribution is -2.36. The van der Waals surface area contributed by atoms with Crippen LogP contribution >= 0.6 is 22.6 Å². The second-order valence-corrected chi connectivity index (χ2v) is 7.27. The third-order valence-electron chi connectivity index (χ3n) is 4.11. The second-order valence-electron chi connectivity index (χ2n) is 6.03. The first kappa shape index (κ1) is 16.8. The Morgan fingerprint density at radius 3 is 2.70 bits per heavy atom. The average Bonchev–Trinajstić information content (AvgIpc) is 2.82. The van der Waals surface area contributed by atoms with Gasteiger partial charge in [-0.2, -0.15) is 13.2 Å². The molecule has 0 aliphatic carbocycles. The van der Waals surface area contributed by atoms with Crippen molar-refractivity contribution in [2.24, 2.45) is 0 Å². The number of imidazole rings is 1. The monoisotopic (exact) mass is 438 g/mol. The van der Waals surface area contributed by atoms with Gasteiger partial charge in [0.1, 0.15) is 0 Å². The molecule has 2 aromatic rings. The highest BCUT2D eigenvalue weighted by Gasteiger charge is 2.29. The quantitative estimate of drug-likeness (QED) is 0.745. The lowest BCUT2D eigenvalue weighted by atomic mass is 10.1. The topological polar surface area (TPSA) is 32.6 Å². The number of nitrogens with one attached hydrogen (secondary N) is 1. The summed E-state index contributed by atoms with van der Waals surface area (Å²) in [6, 6.07) is 2.27. The Balaban J connectivity index is 1.88. The van der Waals surface area contributed by atoms with Crippen LogP contribution in [0.3, 0.4) is 0 Å². The van der Waals surface area contributed by atoms with E-state index in [-0.39, 0.29) is 5.69 Å². The van der Waals surface area contributed by atoms with Gasteiger partial charge in [0.05, 0.1) is 17.8 Å². The molecule has 0 unspecified atom stereocenters. The van der Waals surface area contributed by atoms with Gasteiger partial charge >= 0.3 is 6.18 Å². The van der Waals surface area contributed by atoms with Crippen molar-refractivity contribution in [2.45, 2.75) is 31.5 Å². The third kappa shape index (κ3) is 4.09. The van der Waals surface area contributed by atoms with Gasteiger partial charge in [-0.15, -0.1) is 0 Å². The van der Waals surface area contributed by atoms with E-state index >= 15 is 0 Å². The molecule has 3 rings (SSSR count). The van der Waals surface area contributed by atoms with Crippen LogP contribution in [0.25, 0.3) is 5.65 Å². The number of rotatable bonds is 3. The molecule has 0 radical (unpaired) electrons. The summed E-state index contributed by atoms with van der Waals surface area (Å²) in [4.78, 5) is 6.49. The van der Waals surface area contributed by atoms with E-state index in [0.717, 1.165) is 35.2 Å². The van der Waals surface area contributed by atoms with Gasteiger partial charge in [-0.05, 0) is 61.6 Å². The van der Waals surface area contributed by atoms with Crippen LogP contribution in [0, 0.1) is 3.57 Å². The number of likely N-dealkylation sites (tertiary alicyclic amines) is 1. The zero-order valence-corrected chi connectivity index (χ0v) is 14.9. The van der Waals surface area contributed by atoms with Gasteiger partial charge in [-0.1, -0.05) is 0 Å². The first-order chi connectivity index (χ1) is 10.8. The van der Waals surface area contributed by atoms with Gasteiger partial charge < -0.3 is 14.6 Å². The molecule has 1 aliphatic heterocycles. The summed E-state index contributed by atoms with van der Waals surface area (Å²) < 4.78 is 40.5. The first-order valence-corrected chi connectivity index (χ1v) is 8.57. The van der Waals surface area contributed by atoms with Gasteiger partial charge in [0, 0.05) is 22.0 Å². The van der Waals surface area contributed by atoms with Crippen molar-refractivity contribution in [3.8, 4) is 0 Å². The normalized spacial score (nSPS) is 17.8. The van der Waals surface area contributed by atoms with Crippen LogP contribution in [0.1, 0.15) is 18.5 Å². The minimum atomic E-state index is -4.24. The van der Waals surface area contributed by atoms with Gasteiger partial charge in [-0.3, -0.25) is 0 Å². The summed E-state index contributed by atoms with van der Waals surface area (Å²) in [7, 11) is 2.10. The number of anilines is 1. The van der Waals surface area contributed by atoms with Crippen LogP contribution in [0.15, 0.2) is 18.5 Å². The number of fused-ring (bicyclic) bond motifs is 1. The summed E-state index contributed by atoms with van der Waals surface area (Å²) in [6.07, 6.45) is -0.155. The van der Waals surface area contributed by atoms with Crippen molar-refractivity contribution in [1.29, 1.82) is 0 Å². The number of aromatic nitrogens is 2. The standard InChI is InChI=1S/C15H18F3IN4/c1-22-4-2-11(3-5-22)21-13-6-10(19)9-23-12(7-15(16,17)18)8-20-14(13)23/h6,8-9,11,21H,2-5,7H2,1H3. The number of pyridine rings is 1. The molecule has 4 nitrogen and oxygen atoms in total. The fourth-order valence-electron chi connectivity index (χ4n) is 2.92. The fraction of sp³-hybridized carbons (Fsp3) is 0.533. The molecule has 0 spiro atoms. The van der Waals surface area contributed by atoms with Crippen LogP contribution in [-0.4, -0.2) is 46.6 Å². The summed E-state index contributed by atoms with van der Waals surface area (Å²) >= 11 is 2.12. The molecular weight excluding hydrogens is 420 g/mol. The fourth-order valence-corrected chi connectivity index (χ4v) is 3.51. The Bertz CT molecular complexity index is 690. The number of halogens is 4. The highest BCUT2D eigenvalue weighted by Crippen LogP contribution is 2.27. The van der Waals surface area contributed by atoms with Crippen LogP contribution in [0.5, 0.6) is 0 Å². The van der Waals surface area contributed by atoms with E-state index in [2.05, 4.69) is 44.8 Å². The van der Waals surface area contributed by atoms with Crippen LogP contribution in [-0.2, 0) is 6.42 Å².